The Balaban J connectivity index is 1.74. The Labute approximate surface area is 125 Å². The zero-order chi connectivity index (χ0) is 15.0. The average Bonchev–Trinajstić information content (AvgIpc) is 3.17. The predicted molar refractivity (Wildman–Crippen MR) is 75.5 cm³/mol. The van der Waals surface area contributed by atoms with Gasteiger partial charge in [0.05, 0.1) is 13.2 Å². The van der Waals surface area contributed by atoms with Crippen LogP contribution in [-0.2, 0) is 19.1 Å². The van der Waals surface area contributed by atoms with E-state index in [1.165, 1.54) is 13.3 Å². The van der Waals surface area contributed by atoms with Gasteiger partial charge in [0.1, 0.15) is 0 Å². The quantitative estimate of drug-likeness (QED) is 0.579. The van der Waals surface area contributed by atoms with E-state index in [1.807, 2.05) is 0 Å². The summed E-state index contributed by atoms with van der Waals surface area (Å²) in [6, 6.07) is 0. The topological polar surface area (TPSA) is 55.9 Å². The molecule has 5 aliphatic rings. The van der Waals surface area contributed by atoms with Crippen molar-refractivity contribution in [2.45, 2.75) is 52.1 Å². The van der Waals surface area contributed by atoms with Gasteiger partial charge in [0.15, 0.2) is 11.4 Å². The van der Waals surface area contributed by atoms with Crippen molar-refractivity contribution in [1.82, 2.24) is 0 Å². The summed E-state index contributed by atoms with van der Waals surface area (Å²) in [5.74, 6) is 1.25. The first-order chi connectivity index (χ1) is 9.83. The summed E-state index contributed by atoms with van der Waals surface area (Å²) in [5, 5.41) is 0. The van der Waals surface area contributed by atoms with Crippen molar-refractivity contribution in [1.29, 1.82) is 0 Å². The van der Waals surface area contributed by atoms with Crippen LogP contribution in [0.4, 0.5) is 0 Å². The van der Waals surface area contributed by atoms with E-state index in [0.29, 0.717) is 37.3 Å². The molecule has 21 heavy (non-hydrogen) atoms. The van der Waals surface area contributed by atoms with Crippen LogP contribution in [0, 0.1) is 28.6 Å². The van der Waals surface area contributed by atoms with Crippen LogP contribution in [0.3, 0.4) is 0 Å². The van der Waals surface area contributed by atoms with Crippen molar-refractivity contribution < 1.29 is 19.1 Å². The lowest BCUT2D eigenvalue weighted by atomic mass is 9.35. The highest BCUT2D eigenvalue weighted by Gasteiger charge is 2.81. The summed E-state index contributed by atoms with van der Waals surface area (Å²) in [6.45, 7) is 7.20. The molecule has 1 heterocycles. The van der Waals surface area contributed by atoms with E-state index >= 15 is 0 Å². The van der Waals surface area contributed by atoms with Gasteiger partial charge in [-0.15, -0.1) is 0 Å². The Kier molecular flexibility index (Phi) is 2.55. The molecule has 0 radical (unpaired) electrons. The first kappa shape index (κ1) is 13.7. The first-order valence-electron chi connectivity index (χ1n) is 8.14. The number of rotatable bonds is 2. The van der Waals surface area contributed by atoms with Gasteiger partial charge in [-0.1, -0.05) is 20.3 Å². The van der Waals surface area contributed by atoms with Crippen LogP contribution < -0.4 is 0 Å². The van der Waals surface area contributed by atoms with Gasteiger partial charge in [-0.3, -0.25) is 9.59 Å². The number of ether oxygens (including phenoxy) is 2. The molecule has 4 aliphatic carbocycles. The molecule has 0 aromatic carbocycles. The van der Waals surface area contributed by atoms with Gasteiger partial charge in [0, 0.05) is 24.7 Å². The maximum Gasteiger partial charge on any atom is 0.302 e. The van der Waals surface area contributed by atoms with E-state index in [0.717, 1.165) is 12.8 Å². The van der Waals surface area contributed by atoms with Crippen LogP contribution in [0.1, 0.15) is 46.5 Å². The van der Waals surface area contributed by atoms with E-state index in [2.05, 4.69) is 13.8 Å². The number of esters is 1. The summed E-state index contributed by atoms with van der Waals surface area (Å²) >= 11 is 0. The minimum Gasteiger partial charge on any atom is -0.465 e. The molecule has 1 saturated heterocycles. The maximum absolute atomic E-state index is 12.4. The Bertz CT molecular complexity index is 519. The van der Waals surface area contributed by atoms with Crippen molar-refractivity contribution in [3.05, 3.63) is 0 Å². The van der Waals surface area contributed by atoms with Gasteiger partial charge in [-0.2, -0.15) is 0 Å². The fourth-order valence-corrected chi connectivity index (χ4v) is 5.99. The largest absolute Gasteiger partial charge is 0.465 e. The number of epoxide rings is 1. The Hall–Kier alpha value is -0.900. The third kappa shape index (κ3) is 1.55. The summed E-state index contributed by atoms with van der Waals surface area (Å²) in [4.78, 5) is 23.7. The van der Waals surface area contributed by atoms with Gasteiger partial charge in [0.2, 0.25) is 0 Å². The zero-order valence-corrected chi connectivity index (χ0v) is 13.1. The second-order valence-electron chi connectivity index (χ2n) is 8.27. The van der Waals surface area contributed by atoms with Crippen molar-refractivity contribution >= 4 is 11.8 Å². The van der Waals surface area contributed by atoms with Gasteiger partial charge in [-0.05, 0) is 30.1 Å². The molecule has 4 bridgehead atoms. The molecule has 4 saturated carbocycles. The van der Waals surface area contributed by atoms with E-state index in [1.54, 1.807) is 0 Å². The van der Waals surface area contributed by atoms with Crippen LogP contribution in [0.5, 0.6) is 0 Å². The second-order valence-corrected chi connectivity index (χ2v) is 8.27. The summed E-state index contributed by atoms with van der Waals surface area (Å²) in [6.07, 6.45) is 4.03. The van der Waals surface area contributed by atoms with Crippen molar-refractivity contribution in [3.63, 3.8) is 0 Å². The number of fused-ring (bicyclic) bond motifs is 1. The normalized spacial score (nSPS) is 49.3. The van der Waals surface area contributed by atoms with Crippen LogP contribution in [0.2, 0.25) is 0 Å². The summed E-state index contributed by atoms with van der Waals surface area (Å²) < 4.78 is 11.2. The van der Waals surface area contributed by atoms with Gasteiger partial charge < -0.3 is 9.47 Å². The minimum atomic E-state index is -0.527. The molecule has 0 amide bonds. The van der Waals surface area contributed by atoms with E-state index in [9.17, 15) is 9.59 Å². The molecule has 0 N–H and O–H groups in total. The van der Waals surface area contributed by atoms with Crippen LogP contribution in [0.15, 0.2) is 0 Å². The van der Waals surface area contributed by atoms with E-state index in [4.69, 9.17) is 9.47 Å². The van der Waals surface area contributed by atoms with Crippen LogP contribution in [-0.4, -0.2) is 30.6 Å². The fraction of sp³-hybridized carbons (Fsp3) is 0.882. The predicted octanol–water partition coefficient (Wildman–Crippen LogP) is 2.35. The highest BCUT2D eigenvalue weighted by Crippen LogP contribution is 2.76. The molecule has 0 aromatic heterocycles. The molecule has 0 aromatic rings. The zero-order valence-electron chi connectivity index (χ0n) is 13.1. The average molecular weight is 292 g/mol. The number of carbonyl (C=O) groups is 2. The molecular weight excluding hydrogens is 268 g/mol. The lowest BCUT2D eigenvalue weighted by Gasteiger charge is -2.68. The third-order valence-corrected chi connectivity index (χ3v) is 6.90. The van der Waals surface area contributed by atoms with E-state index in [-0.39, 0.29) is 22.7 Å². The lowest BCUT2D eigenvalue weighted by molar-refractivity contribution is -0.235. The molecule has 116 valence electrons. The number of hydrogen-bond donors (Lipinski definition) is 0. The summed E-state index contributed by atoms with van der Waals surface area (Å²) in [7, 11) is 0. The van der Waals surface area contributed by atoms with Crippen molar-refractivity contribution in [2.75, 3.05) is 13.2 Å². The lowest BCUT2D eigenvalue weighted by Crippen LogP contribution is -2.72. The second kappa shape index (κ2) is 3.89. The molecular formula is C17H24O4. The monoisotopic (exact) mass is 292 g/mol. The van der Waals surface area contributed by atoms with Crippen LogP contribution in [0.25, 0.3) is 0 Å². The van der Waals surface area contributed by atoms with E-state index < -0.39 is 5.60 Å². The Morgan fingerprint density at radius 1 is 1.38 bits per heavy atom. The molecule has 4 nitrogen and oxygen atoms in total. The first-order valence-corrected chi connectivity index (χ1v) is 8.14. The van der Waals surface area contributed by atoms with Crippen molar-refractivity contribution in [3.8, 4) is 0 Å². The molecule has 5 rings (SSSR count). The number of ketones is 1. The Morgan fingerprint density at radius 3 is 2.71 bits per heavy atom. The molecule has 0 unspecified atom stereocenters. The standard InChI is InChI=1S/C17H24O4/c1-10(18)20-8-16-6-4-5-15(2,3)13-11(16)7-12(19)17(9-21-17)14(13)16/h11,13-14H,4-9H2,1-3H3/t11-,13-,14+,16-,17+/m0/s1. The SMILES string of the molecule is CC(=O)OC[C@]12CCCC(C)(C)[C@@H]3[C@H]1[C@@]1(CO1)C(=O)C[C@@H]32. The highest BCUT2D eigenvalue weighted by molar-refractivity contribution is 5.93. The van der Waals surface area contributed by atoms with Gasteiger partial charge in [0.25, 0.3) is 0 Å². The molecule has 1 aliphatic heterocycles. The smallest absolute Gasteiger partial charge is 0.302 e. The molecule has 5 fully saturated rings. The van der Waals surface area contributed by atoms with Gasteiger partial charge in [-0.25, -0.2) is 0 Å². The number of hydrogen-bond acceptors (Lipinski definition) is 4. The number of Topliss-reactive ketones (excluding diaryl/α,β-unsaturated/α-hetero) is 1. The third-order valence-electron chi connectivity index (χ3n) is 6.90. The van der Waals surface area contributed by atoms with Crippen LogP contribution >= 0.6 is 0 Å². The summed E-state index contributed by atoms with van der Waals surface area (Å²) in [5.41, 5.74) is -0.277. The molecule has 4 heteroatoms. The highest BCUT2D eigenvalue weighted by atomic mass is 16.6. The fourth-order valence-electron chi connectivity index (χ4n) is 5.99. The maximum atomic E-state index is 12.4. The molecule has 5 atom stereocenters. The minimum absolute atomic E-state index is 0.00544. The van der Waals surface area contributed by atoms with Gasteiger partial charge >= 0.3 is 5.97 Å². The molecule has 1 spiro atoms. The number of carbonyl (C=O) groups excluding carboxylic acids is 2. The Morgan fingerprint density at radius 2 is 2.10 bits per heavy atom. The van der Waals surface area contributed by atoms with Crippen molar-refractivity contribution in [2.24, 2.45) is 28.6 Å².